The van der Waals surface area contributed by atoms with Crippen molar-refractivity contribution in [2.24, 2.45) is 5.41 Å². The highest BCUT2D eigenvalue weighted by Crippen LogP contribution is 2.32. The van der Waals surface area contributed by atoms with Gasteiger partial charge in [0.1, 0.15) is 5.25 Å². The number of hydrogen-bond donors (Lipinski definition) is 0. The molecule has 0 aliphatic heterocycles. The average Bonchev–Trinajstić information content (AvgIpc) is 2.47. The normalized spacial score (nSPS) is 13.6. The van der Waals surface area contributed by atoms with Crippen molar-refractivity contribution in [2.75, 3.05) is 0 Å². The Hall–Kier alpha value is -1.94. The molecule has 0 saturated carbocycles. The first-order chi connectivity index (χ1) is 10.2. The van der Waals surface area contributed by atoms with E-state index in [2.05, 4.69) is 0 Å². The van der Waals surface area contributed by atoms with Gasteiger partial charge in [-0.3, -0.25) is 4.79 Å². The van der Waals surface area contributed by atoms with E-state index in [0.717, 1.165) is 0 Å². The van der Waals surface area contributed by atoms with Crippen molar-refractivity contribution >= 4 is 15.6 Å². The van der Waals surface area contributed by atoms with Gasteiger partial charge in [0, 0.05) is 5.56 Å². The Morgan fingerprint density at radius 1 is 0.864 bits per heavy atom. The monoisotopic (exact) mass is 316 g/mol. The standard InChI is InChI=1S/C18H20O3S/c1-18(2,3)17(16(19)14-10-6-4-7-11-14)22(20,21)15-12-8-5-9-13-15/h4-13,17H,1-3H3. The Kier molecular flexibility index (Phi) is 4.52. The molecule has 0 radical (unpaired) electrons. The first-order valence-electron chi connectivity index (χ1n) is 7.13. The molecule has 0 aliphatic carbocycles. The molecule has 2 rings (SSSR count). The van der Waals surface area contributed by atoms with Crippen molar-refractivity contribution in [3.8, 4) is 0 Å². The molecule has 0 aliphatic rings. The van der Waals surface area contributed by atoms with E-state index >= 15 is 0 Å². The van der Waals surface area contributed by atoms with Gasteiger partial charge in [0.05, 0.1) is 4.90 Å². The summed E-state index contributed by atoms with van der Waals surface area (Å²) in [7, 11) is -3.76. The van der Waals surface area contributed by atoms with Crippen molar-refractivity contribution in [3.05, 3.63) is 66.2 Å². The molecule has 0 aromatic heterocycles. The molecule has 2 aromatic carbocycles. The van der Waals surface area contributed by atoms with Crippen LogP contribution in [-0.4, -0.2) is 19.5 Å². The van der Waals surface area contributed by atoms with Crippen LogP contribution in [0.15, 0.2) is 65.6 Å². The van der Waals surface area contributed by atoms with Crippen LogP contribution in [0.25, 0.3) is 0 Å². The van der Waals surface area contributed by atoms with E-state index in [-0.39, 0.29) is 10.7 Å². The van der Waals surface area contributed by atoms with Crippen LogP contribution in [-0.2, 0) is 9.84 Å². The highest BCUT2D eigenvalue weighted by Gasteiger charge is 2.43. The van der Waals surface area contributed by atoms with E-state index in [0.29, 0.717) is 5.56 Å². The lowest BCUT2D eigenvalue weighted by Crippen LogP contribution is -2.41. The number of sulfone groups is 1. The Morgan fingerprint density at radius 2 is 1.32 bits per heavy atom. The second kappa shape index (κ2) is 6.05. The molecule has 3 nitrogen and oxygen atoms in total. The smallest absolute Gasteiger partial charge is 0.189 e. The van der Waals surface area contributed by atoms with Crippen LogP contribution in [0.4, 0.5) is 0 Å². The minimum Gasteiger partial charge on any atom is -0.293 e. The topological polar surface area (TPSA) is 51.2 Å². The maximum absolute atomic E-state index is 13.0. The molecule has 0 N–H and O–H groups in total. The summed E-state index contributed by atoms with van der Waals surface area (Å²) in [5.74, 6) is -0.364. The summed E-state index contributed by atoms with van der Waals surface area (Å²) in [5.41, 5.74) is -0.288. The minimum atomic E-state index is -3.76. The highest BCUT2D eigenvalue weighted by atomic mass is 32.2. The molecular weight excluding hydrogens is 296 g/mol. The van der Waals surface area contributed by atoms with Gasteiger partial charge >= 0.3 is 0 Å². The Balaban J connectivity index is 2.56. The van der Waals surface area contributed by atoms with Gasteiger partial charge < -0.3 is 0 Å². The third-order valence-electron chi connectivity index (χ3n) is 3.47. The maximum Gasteiger partial charge on any atom is 0.189 e. The lowest BCUT2D eigenvalue weighted by atomic mass is 9.87. The SMILES string of the molecule is CC(C)(C)C(C(=O)c1ccccc1)S(=O)(=O)c1ccccc1. The molecule has 1 atom stereocenters. The zero-order chi connectivity index (χ0) is 16.4. The number of carbonyl (C=O) groups is 1. The van der Waals surface area contributed by atoms with Gasteiger partial charge in [0.15, 0.2) is 15.6 Å². The predicted octanol–water partition coefficient (Wildman–Crippen LogP) is 3.76. The van der Waals surface area contributed by atoms with E-state index in [1.165, 1.54) is 12.1 Å². The second-order valence-corrected chi connectivity index (χ2v) is 8.37. The summed E-state index contributed by atoms with van der Waals surface area (Å²) in [6.07, 6.45) is 0. The van der Waals surface area contributed by atoms with Gasteiger partial charge in [-0.2, -0.15) is 0 Å². The van der Waals surface area contributed by atoms with Crippen molar-refractivity contribution in [2.45, 2.75) is 30.9 Å². The quantitative estimate of drug-likeness (QED) is 0.807. The van der Waals surface area contributed by atoms with E-state index in [1.807, 2.05) is 0 Å². The summed E-state index contributed by atoms with van der Waals surface area (Å²) < 4.78 is 25.9. The molecule has 2 aromatic rings. The fraction of sp³-hybridized carbons (Fsp3) is 0.278. The van der Waals surface area contributed by atoms with Crippen molar-refractivity contribution < 1.29 is 13.2 Å². The zero-order valence-corrected chi connectivity index (χ0v) is 13.8. The molecule has 4 heteroatoms. The highest BCUT2D eigenvalue weighted by molar-refractivity contribution is 7.93. The molecule has 0 fully saturated rings. The summed E-state index contributed by atoms with van der Waals surface area (Å²) in [6, 6.07) is 16.7. The van der Waals surface area contributed by atoms with Gasteiger partial charge in [-0.05, 0) is 17.5 Å². The molecular formula is C18H20O3S. The van der Waals surface area contributed by atoms with Crippen LogP contribution >= 0.6 is 0 Å². The first kappa shape index (κ1) is 16.4. The van der Waals surface area contributed by atoms with Crippen LogP contribution < -0.4 is 0 Å². The largest absolute Gasteiger partial charge is 0.293 e. The van der Waals surface area contributed by atoms with Gasteiger partial charge in [-0.25, -0.2) is 8.42 Å². The van der Waals surface area contributed by atoms with Crippen LogP contribution in [0.5, 0.6) is 0 Å². The molecule has 0 amide bonds. The van der Waals surface area contributed by atoms with Crippen molar-refractivity contribution in [3.63, 3.8) is 0 Å². The van der Waals surface area contributed by atoms with Gasteiger partial charge in [0.25, 0.3) is 0 Å². The summed E-state index contributed by atoms with van der Waals surface area (Å²) >= 11 is 0. The van der Waals surface area contributed by atoms with Gasteiger partial charge in [0.2, 0.25) is 0 Å². The van der Waals surface area contributed by atoms with Gasteiger partial charge in [-0.15, -0.1) is 0 Å². The fourth-order valence-corrected chi connectivity index (χ4v) is 4.66. The van der Waals surface area contributed by atoms with E-state index in [9.17, 15) is 13.2 Å². The fourth-order valence-electron chi connectivity index (χ4n) is 2.50. The molecule has 116 valence electrons. The van der Waals surface area contributed by atoms with Crippen LogP contribution in [0, 0.1) is 5.41 Å². The van der Waals surface area contributed by atoms with E-state index < -0.39 is 20.5 Å². The zero-order valence-electron chi connectivity index (χ0n) is 13.0. The summed E-state index contributed by atoms with van der Waals surface area (Å²) in [5, 5.41) is -1.12. The Bertz CT molecular complexity index is 742. The number of Topliss-reactive ketones (excluding diaryl/α,β-unsaturated/α-hetero) is 1. The number of hydrogen-bond acceptors (Lipinski definition) is 3. The van der Waals surface area contributed by atoms with Crippen LogP contribution in [0.1, 0.15) is 31.1 Å². The first-order valence-corrected chi connectivity index (χ1v) is 8.67. The molecule has 0 bridgehead atoms. The van der Waals surface area contributed by atoms with Crippen LogP contribution in [0.2, 0.25) is 0 Å². The molecule has 22 heavy (non-hydrogen) atoms. The number of benzene rings is 2. The lowest BCUT2D eigenvalue weighted by Gasteiger charge is -2.29. The molecule has 0 heterocycles. The number of carbonyl (C=O) groups excluding carboxylic acids is 1. The lowest BCUT2D eigenvalue weighted by molar-refractivity contribution is 0.0946. The number of rotatable bonds is 4. The third kappa shape index (κ3) is 3.28. The molecule has 0 spiro atoms. The van der Waals surface area contributed by atoms with Crippen molar-refractivity contribution in [1.29, 1.82) is 0 Å². The van der Waals surface area contributed by atoms with E-state index in [4.69, 9.17) is 0 Å². The van der Waals surface area contributed by atoms with E-state index in [1.54, 1.807) is 69.3 Å². The molecule has 1 unspecified atom stereocenters. The third-order valence-corrected chi connectivity index (χ3v) is 5.94. The summed E-state index contributed by atoms with van der Waals surface area (Å²) in [6.45, 7) is 5.33. The maximum atomic E-state index is 13.0. The van der Waals surface area contributed by atoms with Crippen LogP contribution in [0.3, 0.4) is 0 Å². The summed E-state index contributed by atoms with van der Waals surface area (Å²) in [4.78, 5) is 13.0. The average molecular weight is 316 g/mol. The van der Waals surface area contributed by atoms with Crippen molar-refractivity contribution in [1.82, 2.24) is 0 Å². The molecule has 0 saturated heterocycles. The second-order valence-electron chi connectivity index (χ2n) is 6.33. The Labute approximate surface area is 131 Å². The predicted molar refractivity (Wildman–Crippen MR) is 87.6 cm³/mol. The van der Waals surface area contributed by atoms with Gasteiger partial charge in [-0.1, -0.05) is 69.3 Å². The number of ketones is 1. The minimum absolute atomic E-state index is 0.180. The Morgan fingerprint density at radius 3 is 1.77 bits per heavy atom.